The van der Waals surface area contributed by atoms with E-state index in [1.165, 1.54) is 54.0 Å². The average molecular weight is 1440 g/mol. The van der Waals surface area contributed by atoms with Crippen LogP contribution in [0, 0.1) is 17.5 Å². The molecule has 25 heteroatoms. The van der Waals surface area contributed by atoms with Crippen molar-refractivity contribution in [3.05, 3.63) is 211 Å². The molecule has 15 aromatic rings. The number of hydrogen-bond donors (Lipinski definition) is 4. The molecule has 11 heterocycles. The molecule has 0 aliphatic carbocycles. The molecule has 3 fully saturated rings. The van der Waals surface area contributed by atoms with Crippen LogP contribution in [0.25, 0.3) is 116 Å². The van der Waals surface area contributed by atoms with Gasteiger partial charge < -0.3 is 37.6 Å². The van der Waals surface area contributed by atoms with Gasteiger partial charge in [0.1, 0.15) is 34.4 Å². The van der Waals surface area contributed by atoms with Crippen LogP contribution in [0.4, 0.5) is 13.2 Å². The highest BCUT2D eigenvalue weighted by Gasteiger charge is 2.33. The number of aromatic nitrogens is 13. The molecule has 0 atom stereocenters. The molecule has 3 saturated heterocycles. The van der Waals surface area contributed by atoms with E-state index in [0.717, 1.165) is 165 Å². The maximum Gasteiger partial charge on any atom is 0.149 e. The Kier molecular flexibility index (Phi) is 18.7. The number of hydrogen-bond acceptors (Lipinski definition) is 12. The monoisotopic (exact) mass is 1440 g/mol. The van der Waals surface area contributed by atoms with E-state index in [1.807, 2.05) is 67.4 Å². The summed E-state index contributed by atoms with van der Waals surface area (Å²) < 4.78 is 105. The second kappa shape index (κ2) is 28.4. The highest BCUT2D eigenvalue weighted by molar-refractivity contribution is 7.90. The van der Waals surface area contributed by atoms with Gasteiger partial charge in [-0.25, -0.2) is 21.6 Å². The number of sulfone groups is 1. The number of aliphatic hydroxyl groups excluding tert-OH is 1. The van der Waals surface area contributed by atoms with Gasteiger partial charge in [0.25, 0.3) is 0 Å². The Labute approximate surface area is 596 Å². The second-order valence-corrected chi connectivity index (χ2v) is 33.1. The van der Waals surface area contributed by atoms with Crippen LogP contribution < -0.4 is 5.30 Å². The Morgan fingerprint density at radius 2 is 0.808 bits per heavy atom. The quantitative estimate of drug-likeness (QED) is 0.0702. The van der Waals surface area contributed by atoms with Crippen molar-refractivity contribution in [2.24, 2.45) is 0 Å². The summed E-state index contributed by atoms with van der Waals surface area (Å²) in [5.41, 5.74) is 18.5. The number of H-pyrrole nitrogens is 3. The van der Waals surface area contributed by atoms with Crippen molar-refractivity contribution in [3.63, 3.8) is 0 Å². The van der Waals surface area contributed by atoms with Crippen LogP contribution in [-0.2, 0) is 41.7 Å². The SMILES string of the molecule is CP(C)(=O)c1ccc(-c2c(C3CCOCC3)n(-c3ccc(F)cc3)c3cc4cn[nH]c4cc23)cc1.CS(=O)(=O)CCn1cc(-c2c(C3CCOCC3)n(-c3ccc(F)cc3)c3cc4cn[nH]c4cc23)cn1.OCCn1cc(-c2c(C3CCOCC3)n(-c3ccc(F)cc3)c3cc4cn[nH]c4cc23)cn1. The van der Waals surface area contributed by atoms with Gasteiger partial charge in [0, 0.05) is 176 Å². The van der Waals surface area contributed by atoms with Crippen LogP contribution in [0.3, 0.4) is 0 Å². The second-order valence-electron chi connectivity index (χ2n) is 27.6. The lowest BCUT2D eigenvalue weighted by molar-refractivity contribution is 0.0843. The van der Waals surface area contributed by atoms with Crippen molar-refractivity contribution in [1.82, 2.24) is 63.9 Å². The maximum absolute atomic E-state index is 13.9. The average Bonchev–Trinajstić information content (AvgIpc) is 1.59. The topological polar surface area (TPSA) is 236 Å². The molecule has 0 amide bonds. The molecule has 0 unspecified atom stereocenters. The van der Waals surface area contributed by atoms with Crippen LogP contribution in [0.15, 0.2) is 177 Å². The van der Waals surface area contributed by atoms with Gasteiger partial charge in [-0.05, 0) is 167 Å². The summed E-state index contributed by atoms with van der Waals surface area (Å²) in [4.78, 5) is 0. The minimum Gasteiger partial charge on any atom is -0.394 e. The third-order valence-corrected chi connectivity index (χ3v) is 22.9. The van der Waals surface area contributed by atoms with E-state index in [1.54, 1.807) is 47.2 Å². The van der Waals surface area contributed by atoms with E-state index in [-0.39, 0.29) is 54.1 Å². The number of fused-ring (bicyclic) bond motifs is 6. The molecule has 4 N–H and O–H groups in total. The lowest BCUT2D eigenvalue weighted by Crippen LogP contribution is -2.17. The van der Waals surface area contributed by atoms with Gasteiger partial charge >= 0.3 is 0 Å². The summed E-state index contributed by atoms with van der Waals surface area (Å²) in [5.74, 6) is 0.0154. The van der Waals surface area contributed by atoms with Gasteiger partial charge in [-0.2, -0.15) is 25.5 Å². The number of benzene rings is 7. The maximum atomic E-state index is 13.9. The van der Waals surface area contributed by atoms with E-state index < -0.39 is 17.0 Å². The van der Waals surface area contributed by atoms with Gasteiger partial charge in [0.2, 0.25) is 0 Å². The highest BCUT2D eigenvalue weighted by Crippen LogP contribution is 2.49. The first kappa shape index (κ1) is 68.2. The van der Waals surface area contributed by atoms with Crippen molar-refractivity contribution >= 4 is 87.7 Å². The molecule has 0 bridgehead atoms. The van der Waals surface area contributed by atoms with Crippen molar-refractivity contribution in [1.29, 1.82) is 0 Å². The smallest absolute Gasteiger partial charge is 0.149 e. The first-order chi connectivity index (χ1) is 50.5. The molecule has 20 nitrogen and oxygen atoms in total. The van der Waals surface area contributed by atoms with Crippen molar-refractivity contribution in [2.45, 2.75) is 69.4 Å². The van der Waals surface area contributed by atoms with Gasteiger partial charge in [-0.1, -0.05) is 24.3 Å². The minimum absolute atomic E-state index is 0.0209. The normalized spacial score (nSPS) is 15.2. The number of halogens is 3. The number of rotatable bonds is 15. The zero-order valence-corrected chi connectivity index (χ0v) is 59.4. The van der Waals surface area contributed by atoms with Crippen LogP contribution in [0.5, 0.6) is 0 Å². The predicted molar refractivity (Wildman–Crippen MR) is 401 cm³/mol. The van der Waals surface area contributed by atoms with Gasteiger partial charge in [0.05, 0.1) is 89.5 Å². The van der Waals surface area contributed by atoms with Crippen molar-refractivity contribution in [3.8, 4) is 50.4 Å². The zero-order valence-electron chi connectivity index (χ0n) is 57.6. The molecule has 7 aromatic carbocycles. The first-order valence-electron chi connectivity index (χ1n) is 35.1. The molecule has 18 rings (SSSR count). The van der Waals surface area contributed by atoms with E-state index >= 15 is 0 Å². The summed E-state index contributed by atoms with van der Waals surface area (Å²) in [6.07, 6.45) is 19.6. The van der Waals surface area contributed by atoms with Crippen LogP contribution in [0.2, 0.25) is 0 Å². The Bertz CT molecular complexity index is 5790. The van der Waals surface area contributed by atoms with Crippen molar-refractivity contribution < 1.29 is 45.5 Å². The fourth-order valence-corrected chi connectivity index (χ4v) is 16.8. The van der Waals surface area contributed by atoms with Gasteiger partial charge in [-0.3, -0.25) is 24.7 Å². The van der Waals surface area contributed by atoms with Gasteiger partial charge in [-0.15, -0.1) is 0 Å². The minimum atomic E-state index is -3.11. The molecule has 3 aliphatic rings. The molecule has 104 heavy (non-hydrogen) atoms. The molecule has 532 valence electrons. The van der Waals surface area contributed by atoms with Crippen LogP contribution in [-0.4, -0.2) is 149 Å². The third-order valence-electron chi connectivity index (χ3n) is 20.4. The molecule has 0 spiro atoms. The number of aryl methyl sites for hydroxylation is 1. The molecule has 0 saturated carbocycles. The molecular weight excluding hydrogens is 1360 g/mol. The lowest BCUT2D eigenvalue weighted by atomic mass is 9.90. The van der Waals surface area contributed by atoms with Crippen LogP contribution in [0.1, 0.15) is 73.4 Å². The summed E-state index contributed by atoms with van der Waals surface area (Å²) in [6, 6.07) is 40.9. The number of nitrogens with one attached hydrogen (secondary N) is 3. The molecule has 8 aromatic heterocycles. The van der Waals surface area contributed by atoms with E-state index in [0.29, 0.717) is 46.2 Å². The summed E-state index contributed by atoms with van der Waals surface area (Å²) in [7, 11) is -5.47. The fraction of sp³-hybridized carbons (Fsp3) is 0.278. The Morgan fingerprint density at radius 1 is 0.471 bits per heavy atom. The van der Waals surface area contributed by atoms with E-state index in [9.17, 15) is 31.3 Å². The van der Waals surface area contributed by atoms with Gasteiger partial charge in [0.15, 0.2) is 0 Å². The summed E-state index contributed by atoms with van der Waals surface area (Å²) in [5, 5.41) is 47.4. The number of nitrogens with zero attached hydrogens (tertiary/aromatic N) is 10. The zero-order chi connectivity index (χ0) is 71.4. The molecule has 0 radical (unpaired) electrons. The summed E-state index contributed by atoms with van der Waals surface area (Å²) in [6.45, 7) is 8.55. The van der Waals surface area contributed by atoms with Crippen LogP contribution >= 0.6 is 7.14 Å². The number of aliphatic hydroxyl groups is 1. The molecule has 3 aliphatic heterocycles. The number of ether oxygens (including phenoxy) is 3. The molecular formula is C79H77F3N13O7PS. The van der Waals surface area contributed by atoms with E-state index in [2.05, 4.69) is 103 Å². The predicted octanol–water partition coefficient (Wildman–Crippen LogP) is 15.3. The van der Waals surface area contributed by atoms with Crippen molar-refractivity contribution in [2.75, 3.05) is 71.6 Å². The number of aromatic amines is 3. The lowest BCUT2D eigenvalue weighted by Gasteiger charge is -2.26. The first-order valence-corrected chi connectivity index (χ1v) is 39.7. The summed E-state index contributed by atoms with van der Waals surface area (Å²) >= 11 is 0. The highest BCUT2D eigenvalue weighted by atomic mass is 32.2. The van der Waals surface area contributed by atoms with E-state index in [4.69, 9.17) is 14.2 Å². The Hall–Kier alpha value is -10.2. The fourth-order valence-electron chi connectivity index (χ4n) is 15.4. The Morgan fingerprint density at radius 3 is 1.13 bits per heavy atom. The Balaban J connectivity index is 0.000000120. The largest absolute Gasteiger partial charge is 0.394 e. The standard InChI is InChI=1S/C28H27FN3O2P.C26H26FN5O3S.C25H24FN5O2/c1-35(2,33)23-9-3-18(4-10-23)27-24-16-25-20(17-30-31-25)15-26(24)32(22-7-5-21(29)6-8-22)28(27)19-11-13-34-14-12-19;1-36(33,34)11-8-31-16-19(15-29-31)25-22-13-23-18(14-28-30-23)12-24(22)32(21-4-2-20(27)3-5-21)26(25)17-6-9-35-10-7-17;26-19-1-3-20(4-2-19)31-23-11-17-13-27-29-22(17)12-21(23)24(18-14-28-30(15-18)7-8-32)25(31)16-5-9-33-10-6-16/h3-10,15-17,19H,11-14H2,1-2H3,(H,30,31);2-5,12-17H,6-11H2,1H3,(H,28,30);1-4,11-16,32H,5-10H2,(H,27,29). The third kappa shape index (κ3) is 13.5.